The summed E-state index contributed by atoms with van der Waals surface area (Å²) >= 11 is 0. The van der Waals surface area contributed by atoms with Gasteiger partial charge in [-0.05, 0) is 32.9 Å². The van der Waals surface area contributed by atoms with E-state index in [0.29, 0.717) is 38.1 Å². The molecule has 2 saturated heterocycles. The third kappa shape index (κ3) is 6.00. The number of ether oxygens (including phenoxy) is 1. The third-order valence-electron chi connectivity index (χ3n) is 6.27. The van der Waals surface area contributed by atoms with Crippen LogP contribution >= 0.6 is 0 Å². The summed E-state index contributed by atoms with van der Waals surface area (Å²) in [6, 6.07) is 2.27. The van der Waals surface area contributed by atoms with Gasteiger partial charge in [-0.15, -0.1) is 5.06 Å². The maximum Gasteiger partial charge on any atom is 0.528 e. The number of alkyl halides is 3. The Morgan fingerprint density at radius 2 is 1.72 bits per heavy atom. The molecule has 1 aromatic rings. The molecule has 4 rings (SSSR count). The zero-order valence-electron chi connectivity index (χ0n) is 20.5. The Kier molecular flexibility index (Phi) is 7.04. The van der Waals surface area contributed by atoms with Gasteiger partial charge in [0.25, 0.3) is 5.91 Å². The minimum absolute atomic E-state index is 0.127. The lowest BCUT2D eigenvalue weighted by Crippen LogP contribution is -2.51. The van der Waals surface area contributed by atoms with Crippen LogP contribution in [-0.2, 0) is 25.4 Å². The van der Waals surface area contributed by atoms with E-state index < -0.39 is 29.1 Å². The normalized spacial score (nSPS) is 20.7. The van der Waals surface area contributed by atoms with Gasteiger partial charge in [-0.3, -0.25) is 4.79 Å². The van der Waals surface area contributed by atoms with Crippen molar-refractivity contribution >= 4 is 23.6 Å². The molecule has 3 aliphatic rings. The number of amides is 1. The monoisotopic (exact) mass is 513 g/mol. The Balaban J connectivity index is 1.27. The molecule has 10 nitrogen and oxygen atoms in total. The average Bonchev–Trinajstić information content (AvgIpc) is 3.22. The van der Waals surface area contributed by atoms with E-state index in [1.54, 1.807) is 30.6 Å². The number of hydroxylamine groups is 2. The van der Waals surface area contributed by atoms with Crippen molar-refractivity contribution in [1.29, 1.82) is 0 Å². The van der Waals surface area contributed by atoms with Crippen molar-refractivity contribution < 1.29 is 37.2 Å². The van der Waals surface area contributed by atoms with Gasteiger partial charge in [-0.1, -0.05) is 5.16 Å². The Morgan fingerprint density at radius 3 is 2.33 bits per heavy atom. The molecule has 0 radical (unpaired) electrons. The van der Waals surface area contributed by atoms with Gasteiger partial charge in [0.15, 0.2) is 0 Å². The fourth-order valence-corrected chi connectivity index (χ4v) is 4.44. The third-order valence-corrected chi connectivity index (χ3v) is 6.27. The number of hydrogen-bond donors (Lipinski definition) is 0. The molecule has 0 aromatic carbocycles. The van der Waals surface area contributed by atoms with Gasteiger partial charge in [-0.2, -0.15) is 13.2 Å². The Labute approximate surface area is 206 Å². The number of pyridine rings is 1. The van der Waals surface area contributed by atoms with Crippen LogP contribution in [0.5, 0.6) is 0 Å². The summed E-state index contributed by atoms with van der Waals surface area (Å²) in [5, 5.41) is 5.55. The highest BCUT2D eigenvalue weighted by atomic mass is 19.4. The summed E-state index contributed by atoms with van der Waals surface area (Å²) < 4.78 is 45.2. The number of oxime groups is 1. The van der Waals surface area contributed by atoms with Crippen LogP contribution in [0.3, 0.4) is 0 Å². The molecule has 0 N–H and O–H groups in total. The zero-order chi connectivity index (χ0) is 26.1. The van der Waals surface area contributed by atoms with Crippen molar-refractivity contribution in [2.24, 2.45) is 5.16 Å². The van der Waals surface area contributed by atoms with Crippen LogP contribution in [0.15, 0.2) is 23.5 Å². The lowest BCUT2D eigenvalue weighted by molar-refractivity contribution is -0.180. The standard InChI is InChI=1S/C23H30F3N5O5/c1-21(2,3)34-20(33)35-31-9-6-22(7-10-31)15-17(28-36-22)19(32)30-13-11-29(12-14-30)18-16(23(24,25)26)5-4-8-27-18/h4-5,8H,6-7,9-15H2,1-3H3. The van der Waals surface area contributed by atoms with Crippen LogP contribution in [0, 0.1) is 0 Å². The number of hydrogen-bond acceptors (Lipinski definition) is 9. The Hall–Kier alpha value is -3.09. The van der Waals surface area contributed by atoms with Gasteiger partial charge in [0.05, 0.1) is 5.56 Å². The molecule has 13 heteroatoms. The lowest BCUT2D eigenvalue weighted by Gasteiger charge is -2.37. The number of aromatic nitrogens is 1. The number of piperidine rings is 1. The van der Waals surface area contributed by atoms with Crippen molar-refractivity contribution in [1.82, 2.24) is 14.9 Å². The van der Waals surface area contributed by atoms with Crippen molar-refractivity contribution in [2.45, 2.75) is 57.4 Å². The largest absolute Gasteiger partial charge is 0.528 e. The molecule has 36 heavy (non-hydrogen) atoms. The molecule has 2 fully saturated rings. The van der Waals surface area contributed by atoms with Gasteiger partial charge >= 0.3 is 12.3 Å². The molecule has 0 atom stereocenters. The van der Waals surface area contributed by atoms with Gasteiger partial charge in [-0.25, -0.2) is 9.78 Å². The summed E-state index contributed by atoms with van der Waals surface area (Å²) in [4.78, 5) is 42.9. The summed E-state index contributed by atoms with van der Waals surface area (Å²) in [5.41, 5.74) is -1.80. The molecule has 0 saturated carbocycles. The van der Waals surface area contributed by atoms with Crippen LogP contribution in [0.2, 0.25) is 0 Å². The van der Waals surface area contributed by atoms with Crippen LogP contribution in [0.4, 0.5) is 23.8 Å². The van der Waals surface area contributed by atoms with E-state index >= 15 is 0 Å². The molecule has 3 aliphatic heterocycles. The first-order valence-electron chi connectivity index (χ1n) is 11.8. The van der Waals surface area contributed by atoms with Crippen molar-refractivity contribution in [3.63, 3.8) is 0 Å². The smallest absolute Gasteiger partial charge is 0.427 e. The summed E-state index contributed by atoms with van der Waals surface area (Å²) in [7, 11) is 0. The second-order valence-corrected chi connectivity index (χ2v) is 10.1. The van der Waals surface area contributed by atoms with Gasteiger partial charge in [0, 0.05) is 64.7 Å². The maximum atomic E-state index is 13.3. The summed E-state index contributed by atoms with van der Waals surface area (Å²) in [6.07, 6.45) is -2.62. The first kappa shape index (κ1) is 26.0. The number of halogens is 3. The van der Waals surface area contributed by atoms with Crippen LogP contribution in [0.25, 0.3) is 0 Å². The van der Waals surface area contributed by atoms with E-state index in [4.69, 9.17) is 14.4 Å². The molecular weight excluding hydrogens is 483 g/mol. The van der Waals surface area contributed by atoms with Crippen molar-refractivity contribution in [3.05, 3.63) is 23.9 Å². The molecule has 4 heterocycles. The first-order valence-corrected chi connectivity index (χ1v) is 11.8. The molecule has 1 amide bonds. The average molecular weight is 514 g/mol. The quantitative estimate of drug-likeness (QED) is 0.569. The number of nitrogens with zero attached hydrogens (tertiary/aromatic N) is 5. The molecule has 198 valence electrons. The van der Waals surface area contributed by atoms with E-state index in [-0.39, 0.29) is 37.9 Å². The predicted molar refractivity (Wildman–Crippen MR) is 122 cm³/mol. The lowest BCUT2D eigenvalue weighted by atomic mass is 9.87. The first-order chi connectivity index (χ1) is 16.9. The fraction of sp³-hybridized carbons (Fsp3) is 0.652. The van der Waals surface area contributed by atoms with E-state index in [2.05, 4.69) is 10.1 Å². The van der Waals surface area contributed by atoms with E-state index in [1.165, 1.54) is 17.3 Å². The Bertz CT molecular complexity index is 1010. The summed E-state index contributed by atoms with van der Waals surface area (Å²) in [6.45, 7) is 7.00. The van der Waals surface area contributed by atoms with Crippen LogP contribution in [0.1, 0.15) is 45.6 Å². The number of anilines is 1. The topological polar surface area (TPSA) is 96.8 Å². The van der Waals surface area contributed by atoms with Gasteiger partial charge < -0.3 is 24.2 Å². The fourth-order valence-electron chi connectivity index (χ4n) is 4.44. The Morgan fingerprint density at radius 1 is 1.06 bits per heavy atom. The number of rotatable bonds is 3. The SMILES string of the molecule is CC(C)(C)OC(=O)ON1CCC2(CC1)CC(C(=O)N1CCN(c3ncccc3C(F)(F)F)CC1)=NO2. The molecular formula is C23H30F3N5O5. The maximum absolute atomic E-state index is 13.3. The highest BCUT2D eigenvalue weighted by Gasteiger charge is 2.46. The summed E-state index contributed by atoms with van der Waals surface area (Å²) in [5.74, 6) is -0.408. The zero-order valence-corrected chi connectivity index (χ0v) is 20.5. The molecule has 0 bridgehead atoms. The second kappa shape index (κ2) is 9.75. The highest BCUT2D eigenvalue weighted by Crippen LogP contribution is 2.37. The number of carbonyl (C=O) groups excluding carboxylic acids is 2. The predicted octanol–water partition coefficient (Wildman–Crippen LogP) is 3.23. The van der Waals surface area contributed by atoms with Crippen molar-refractivity contribution in [3.8, 4) is 0 Å². The molecule has 1 spiro atoms. The molecule has 0 unspecified atom stereocenters. The highest BCUT2D eigenvalue weighted by molar-refractivity contribution is 6.39. The number of carbonyl (C=O) groups is 2. The minimum atomic E-state index is -4.51. The van der Waals surface area contributed by atoms with Crippen LogP contribution in [-0.4, -0.2) is 83.2 Å². The molecule has 0 aliphatic carbocycles. The minimum Gasteiger partial charge on any atom is -0.427 e. The molecule has 1 aromatic heterocycles. The van der Waals surface area contributed by atoms with E-state index in [1.807, 2.05) is 0 Å². The van der Waals surface area contributed by atoms with Gasteiger partial charge in [0.1, 0.15) is 22.7 Å². The van der Waals surface area contributed by atoms with Gasteiger partial charge in [0.2, 0.25) is 0 Å². The van der Waals surface area contributed by atoms with E-state index in [0.717, 1.165) is 6.07 Å². The number of piperazine rings is 1. The van der Waals surface area contributed by atoms with E-state index in [9.17, 15) is 22.8 Å². The van der Waals surface area contributed by atoms with Crippen LogP contribution < -0.4 is 4.90 Å². The second-order valence-electron chi connectivity index (χ2n) is 10.1. The van der Waals surface area contributed by atoms with Crippen molar-refractivity contribution in [2.75, 3.05) is 44.2 Å².